The molecule has 1 unspecified atom stereocenters. The first kappa shape index (κ1) is 19.8. The van der Waals surface area contributed by atoms with E-state index in [0.29, 0.717) is 17.9 Å². The molecule has 5 nitrogen and oxygen atoms in total. The molecular weight excluding hydrogens is 369 g/mol. The topological polar surface area (TPSA) is 54.5 Å². The average molecular weight is 397 g/mol. The third-order valence-electron chi connectivity index (χ3n) is 6.37. The Labute approximate surface area is 171 Å². The number of carbonyl (C=O) groups is 1. The van der Waals surface area contributed by atoms with Gasteiger partial charge in [0, 0.05) is 24.8 Å². The Morgan fingerprint density at radius 3 is 2.76 bits per heavy atom. The van der Waals surface area contributed by atoms with Crippen molar-refractivity contribution < 1.29 is 13.9 Å². The van der Waals surface area contributed by atoms with Crippen LogP contribution in [0.15, 0.2) is 24.3 Å². The molecule has 2 aliphatic rings. The van der Waals surface area contributed by atoms with Crippen LogP contribution in [-0.4, -0.2) is 41.5 Å². The van der Waals surface area contributed by atoms with Crippen LogP contribution in [0.4, 0.5) is 4.39 Å². The fourth-order valence-corrected chi connectivity index (χ4v) is 4.57. The number of hydrogen-bond acceptors (Lipinski definition) is 4. The molecule has 1 amide bonds. The van der Waals surface area contributed by atoms with E-state index in [9.17, 15) is 9.18 Å². The van der Waals surface area contributed by atoms with E-state index in [0.717, 1.165) is 48.3 Å². The molecule has 0 radical (unpaired) electrons. The molecule has 1 spiro atoms. The summed E-state index contributed by atoms with van der Waals surface area (Å²) in [5.74, 6) is 0.535. The van der Waals surface area contributed by atoms with Crippen LogP contribution in [0.3, 0.4) is 0 Å². The Morgan fingerprint density at radius 2 is 2.07 bits per heavy atom. The van der Waals surface area contributed by atoms with Crippen molar-refractivity contribution in [2.75, 3.05) is 20.2 Å². The number of carbonyl (C=O) groups excluding carboxylic acids is 1. The van der Waals surface area contributed by atoms with E-state index in [1.807, 2.05) is 33.9 Å². The van der Waals surface area contributed by atoms with Crippen molar-refractivity contribution in [2.45, 2.75) is 51.6 Å². The zero-order valence-electron chi connectivity index (χ0n) is 17.5. The highest BCUT2D eigenvalue weighted by atomic mass is 19.1. The van der Waals surface area contributed by atoms with E-state index in [1.54, 1.807) is 17.0 Å². The van der Waals surface area contributed by atoms with Gasteiger partial charge in [0.2, 0.25) is 5.91 Å². The summed E-state index contributed by atoms with van der Waals surface area (Å²) in [7, 11) is 1.85. The minimum atomic E-state index is -0.472. The van der Waals surface area contributed by atoms with Crippen LogP contribution in [-0.2, 0) is 4.79 Å². The number of aryl methyl sites for hydroxylation is 1. The molecule has 2 saturated heterocycles. The van der Waals surface area contributed by atoms with Gasteiger partial charge >= 0.3 is 0 Å². The minimum absolute atomic E-state index is 0.0124. The molecule has 2 aliphatic heterocycles. The van der Waals surface area contributed by atoms with Gasteiger partial charge in [-0.2, -0.15) is 0 Å². The number of likely N-dealkylation sites (N-methyl/N-ethyl adjacent to an activating group) is 1. The van der Waals surface area contributed by atoms with Gasteiger partial charge < -0.3 is 9.64 Å². The van der Waals surface area contributed by atoms with Crippen LogP contribution in [0.2, 0.25) is 0 Å². The van der Waals surface area contributed by atoms with Crippen molar-refractivity contribution in [3.63, 3.8) is 0 Å². The smallest absolute Gasteiger partial charge is 0.242 e. The normalized spacial score (nSPS) is 24.0. The average Bonchev–Trinajstić information content (AvgIpc) is 3.26. The number of benzene rings is 1. The third-order valence-corrected chi connectivity index (χ3v) is 6.37. The summed E-state index contributed by atoms with van der Waals surface area (Å²) in [5, 5.41) is 3.56. The molecule has 1 aromatic heterocycles. The predicted molar refractivity (Wildman–Crippen MR) is 110 cm³/mol. The van der Waals surface area contributed by atoms with E-state index in [2.05, 4.69) is 5.32 Å². The molecule has 154 valence electrons. The van der Waals surface area contributed by atoms with Crippen LogP contribution in [0.25, 0.3) is 11.1 Å². The second-order valence-electron chi connectivity index (χ2n) is 8.17. The van der Waals surface area contributed by atoms with Crippen LogP contribution >= 0.6 is 0 Å². The van der Waals surface area contributed by atoms with Crippen molar-refractivity contribution in [2.24, 2.45) is 0 Å². The molecule has 0 saturated carbocycles. The molecule has 1 aromatic carbocycles. The number of amides is 1. The van der Waals surface area contributed by atoms with Crippen molar-refractivity contribution >= 4 is 5.91 Å². The number of halogens is 1. The van der Waals surface area contributed by atoms with Gasteiger partial charge in [0.25, 0.3) is 0 Å². The highest BCUT2D eigenvalue weighted by molar-refractivity contribution is 5.88. The van der Waals surface area contributed by atoms with Crippen molar-refractivity contribution in [1.29, 1.82) is 0 Å². The zero-order chi connectivity index (χ0) is 20.8. The monoisotopic (exact) mass is 397 g/mol. The number of rotatable bonds is 4. The summed E-state index contributed by atoms with van der Waals surface area (Å²) in [5.41, 5.74) is 3.56. The summed E-state index contributed by atoms with van der Waals surface area (Å²) in [6.45, 7) is 7.13. The second-order valence-corrected chi connectivity index (χ2v) is 8.17. The number of nitrogens with one attached hydrogen (secondary N) is 1. The maximum Gasteiger partial charge on any atom is 0.242 e. The Morgan fingerprint density at radius 1 is 1.28 bits per heavy atom. The Balaban J connectivity index is 1.71. The van der Waals surface area contributed by atoms with Gasteiger partial charge in [-0.3, -0.25) is 15.1 Å². The molecule has 3 heterocycles. The number of ether oxygens (including phenoxy) is 1. The maximum absolute atomic E-state index is 14.7. The summed E-state index contributed by atoms with van der Waals surface area (Å²) >= 11 is 0. The molecule has 4 rings (SSSR count). The summed E-state index contributed by atoms with van der Waals surface area (Å²) in [6, 6.07) is 6.81. The van der Waals surface area contributed by atoms with Gasteiger partial charge in [-0.25, -0.2) is 4.39 Å². The molecule has 6 heteroatoms. The number of aromatic nitrogens is 1. The van der Waals surface area contributed by atoms with E-state index in [4.69, 9.17) is 9.72 Å². The predicted octanol–water partition coefficient (Wildman–Crippen LogP) is 3.93. The first-order chi connectivity index (χ1) is 13.8. The molecule has 2 aromatic rings. The molecule has 2 atom stereocenters. The molecule has 0 aliphatic carbocycles. The van der Waals surface area contributed by atoms with Gasteiger partial charge in [0.15, 0.2) is 0 Å². The fourth-order valence-electron chi connectivity index (χ4n) is 4.57. The molecule has 29 heavy (non-hydrogen) atoms. The van der Waals surface area contributed by atoms with Gasteiger partial charge in [0.05, 0.1) is 18.3 Å². The quantitative estimate of drug-likeness (QED) is 0.849. The largest absolute Gasteiger partial charge is 0.494 e. The van der Waals surface area contributed by atoms with E-state index < -0.39 is 5.54 Å². The van der Waals surface area contributed by atoms with E-state index in [-0.39, 0.29) is 17.8 Å². The highest BCUT2D eigenvalue weighted by Gasteiger charge is 2.50. The van der Waals surface area contributed by atoms with Crippen LogP contribution < -0.4 is 10.1 Å². The minimum Gasteiger partial charge on any atom is -0.494 e. The SMILES string of the molecule is CCOc1ccc(F)c(-c2cc([C@H]3CCC4(CCN(C)C4=O)N3)nc(C)c2C)c1. The summed E-state index contributed by atoms with van der Waals surface area (Å²) in [6.07, 6.45) is 2.47. The molecule has 1 N–H and O–H groups in total. The first-order valence-corrected chi connectivity index (χ1v) is 10.3. The van der Waals surface area contributed by atoms with E-state index >= 15 is 0 Å². The van der Waals surface area contributed by atoms with Crippen LogP contribution in [0.1, 0.15) is 49.2 Å². The third kappa shape index (κ3) is 3.39. The van der Waals surface area contributed by atoms with Gasteiger partial charge in [0.1, 0.15) is 17.1 Å². The second kappa shape index (κ2) is 7.41. The van der Waals surface area contributed by atoms with Gasteiger partial charge in [-0.15, -0.1) is 0 Å². The molecular formula is C23H28FN3O2. The van der Waals surface area contributed by atoms with Crippen molar-refractivity contribution in [3.8, 4) is 16.9 Å². The van der Waals surface area contributed by atoms with Crippen LogP contribution in [0.5, 0.6) is 5.75 Å². The lowest BCUT2D eigenvalue weighted by Gasteiger charge is -2.24. The Kier molecular flexibility index (Phi) is 5.07. The first-order valence-electron chi connectivity index (χ1n) is 10.3. The fraction of sp³-hybridized carbons (Fsp3) is 0.478. The number of pyridine rings is 1. The summed E-state index contributed by atoms with van der Waals surface area (Å²) < 4.78 is 20.3. The lowest BCUT2D eigenvalue weighted by molar-refractivity contribution is -0.131. The number of hydrogen-bond donors (Lipinski definition) is 1. The number of nitrogens with zero attached hydrogens (tertiary/aromatic N) is 2. The molecule has 0 bridgehead atoms. The lowest BCUT2D eigenvalue weighted by Crippen LogP contribution is -2.47. The number of likely N-dealkylation sites (tertiary alicyclic amines) is 1. The zero-order valence-corrected chi connectivity index (χ0v) is 17.5. The van der Waals surface area contributed by atoms with Crippen molar-refractivity contribution in [1.82, 2.24) is 15.2 Å². The van der Waals surface area contributed by atoms with Gasteiger partial charge in [-0.1, -0.05) is 0 Å². The Bertz CT molecular complexity index is 961. The maximum atomic E-state index is 14.7. The standard InChI is InChI=1S/C23H28FN3O2/c1-5-29-16-6-7-19(24)18(12-16)17-13-21(25-15(3)14(17)2)20-8-9-23(26-20)10-11-27(4)22(23)28/h6-7,12-13,20,26H,5,8-11H2,1-4H3/t20-,23?/m1/s1. The Hall–Kier alpha value is -2.47. The van der Waals surface area contributed by atoms with Gasteiger partial charge in [-0.05, 0) is 75.4 Å². The lowest BCUT2D eigenvalue weighted by atomic mass is 9.95. The highest BCUT2D eigenvalue weighted by Crippen LogP contribution is 2.40. The van der Waals surface area contributed by atoms with E-state index in [1.165, 1.54) is 6.07 Å². The molecule has 2 fully saturated rings. The van der Waals surface area contributed by atoms with Crippen molar-refractivity contribution in [3.05, 3.63) is 47.0 Å². The van der Waals surface area contributed by atoms with Crippen LogP contribution in [0, 0.1) is 19.7 Å². The summed E-state index contributed by atoms with van der Waals surface area (Å²) in [4.78, 5) is 19.2.